The number of hydrogen-bond acceptors (Lipinski definition) is 1. The number of benzene rings is 1. The molecule has 1 atom stereocenters. The van der Waals surface area contributed by atoms with Crippen molar-refractivity contribution in [3.8, 4) is 0 Å². The highest BCUT2D eigenvalue weighted by molar-refractivity contribution is 5.52. The van der Waals surface area contributed by atoms with E-state index in [1.807, 2.05) is 24.3 Å². The highest BCUT2D eigenvalue weighted by Crippen LogP contribution is 2.21. The highest BCUT2D eigenvalue weighted by Gasteiger charge is 2.07. The van der Waals surface area contributed by atoms with Crippen LogP contribution in [0.4, 0.5) is 0 Å². The molecule has 0 saturated heterocycles. The Morgan fingerprint density at radius 3 is 2.62 bits per heavy atom. The van der Waals surface area contributed by atoms with E-state index in [2.05, 4.69) is 13.2 Å². The Morgan fingerprint density at radius 2 is 2.00 bits per heavy atom. The van der Waals surface area contributed by atoms with Crippen LogP contribution in [0.1, 0.15) is 23.7 Å². The normalized spacial score (nSPS) is 12.1. The molecule has 0 saturated carbocycles. The molecule has 1 aromatic rings. The lowest BCUT2D eigenvalue weighted by Gasteiger charge is -2.11. The fourth-order valence-corrected chi connectivity index (χ4v) is 1.29. The van der Waals surface area contributed by atoms with Gasteiger partial charge in [-0.3, -0.25) is 0 Å². The van der Waals surface area contributed by atoms with Gasteiger partial charge >= 0.3 is 0 Å². The lowest BCUT2D eigenvalue weighted by molar-refractivity contribution is 0.181. The summed E-state index contributed by atoms with van der Waals surface area (Å²) in [5.41, 5.74) is 1.90. The van der Waals surface area contributed by atoms with Crippen molar-refractivity contribution >= 4 is 6.08 Å². The molecule has 13 heavy (non-hydrogen) atoms. The smallest absolute Gasteiger partial charge is 0.0830 e. The van der Waals surface area contributed by atoms with E-state index in [4.69, 9.17) is 0 Å². The number of aliphatic hydroxyl groups is 1. The van der Waals surface area contributed by atoms with E-state index in [0.717, 1.165) is 11.1 Å². The third-order valence-corrected chi connectivity index (χ3v) is 1.96. The Hall–Kier alpha value is -1.34. The first-order chi connectivity index (χ1) is 6.29. The molecule has 1 nitrogen and oxygen atoms in total. The zero-order valence-corrected chi connectivity index (χ0v) is 7.61. The summed E-state index contributed by atoms with van der Waals surface area (Å²) in [7, 11) is 0. The summed E-state index contributed by atoms with van der Waals surface area (Å²) in [6.45, 7) is 7.29. The molecular formula is C12H14O. The second-order valence-corrected chi connectivity index (χ2v) is 2.87. The predicted octanol–water partition coefficient (Wildman–Crippen LogP) is 2.94. The first-order valence-electron chi connectivity index (χ1n) is 4.30. The summed E-state index contributed by atoms with van der Waals surface area (Å²) in [5, 5.41) is 9.71. The number of rotatable bonds is 4. The molecule has 1 unspecified atom stereocenters. The second kappa shape index (κ2) is 4.63. The van der Waals surface area contributed by atoms with Crippen molar-refractivity contribution < 1.29 is 5.11 Å². The van der Waals surface area contributed by atoms with E-state index < -0.39 is 6.10 Å². The van der Waals surface area contributed by atoms with Crippen molar-refractivity contribution in [2.24, 2.45) is 0 Å². The molecule has 1 aromatic carbocycles. The van der Waals surface area contributed by atoms with Crippen LogP contribution in [0.2, 0.25) is 0 Å². The van der Waals surface area contributed by atoms with Crippen LogP contribution in [-0.4, -0.2) is 5.11 Å². The minimum absolute atomic E-state index is 0.466. The maximum atomic E-state index is 9.71. The molecule has 0 fully saturated rings. The highest BCUT2D eigenvalue weighted by atomic mass is 16.3. The largest absolute Gasteiger partial charge is 0.388 e. The van der Waals surface area contributed by atoms with Crippen molar-refractivity contribution in [2.45, 2.75) is 12.5 Å². The van der Waals surface area contributed by atoms with Gasteiger partial charge in [-0.05, 0) is 17.5 Å². The Balaban J connectivity index is 2.97. The van der Waals surface area contributed by atoms with Gasteiger partial charge in [0.25, 0.3) is 0 Å². The molecule has 0 aliphatic rings. The van der Waals surface area contributed by atoms with Gasteiger partial charge in [0, 0.05) is 0 Å². The van der Waals surface area contributed by atoms with Gasteiger partial charge in [-0.25, -0.2) is 0 Å². The molecule has 0 spiro atoms. The Bertz CT molecular complexity index is 302. The van der Waals surface area contributed by atoms with E-state index in [1.165, 1.54) is 0 Å². The molecule has 0 aliphatic carbocycles. The van der Waals surface area contributed by atoms with Gasteiger partial charge in [0.15, 0.2) is 0 Å². The van der Waals surface area contributed by atoms with E-state index in [1.54, 1.807) is 12.2 Å². The summed E-state index contributed by atoms with van der Waals surface area (Å²) in [6, 6.07) is 7.69. The van der Waals surface area contributed by atoms with Crippen molar-refractivity contribution in [3.63, 3.8) is 0 Å². The predicted molar refractivity (Wildman–Crippen MR) is 56.3 cm³/mol. The first kappa shape index (κ1) is 9.75. The summed E-state index contributed by atoms with van der Waals surface area (Å²) in [5.74, 6) is 0. The zero-order valence-electron chi connectivity index (χ0n) is 7.61. The zero-order chi connectivity index (χ0) is 9.68. The SMILES string of the molecule is C=CCC(O)c1ccccc1C=C. The van der Waals surface area contributed by atoms with E-state index in [0.29, 0.717) is 6.42 Å². The van der Waals surface area contributed by atoms with E-state index >= 15 is 0 Å². The van der Waals surface area contributed by atoms with Gasteiger partial charge in [0.2, 0.25) is 0 Å². The van der Waals surface area contributed by atoms with Crippen molar-refractivity contribution in [3.05, 3.63) is 54.6 Å². The fourth-order valence-electron chi connectivity index (χ4n) is 1.29. The molecule has 1 rings (SSSR count). The number of aliphatic hydroxyl groups excluding tert-OH is 1. The molecule has 1 heteroatoms. The average Bonchev–Trinajstić information content (AvgIpc) is 2.18. The van der Waals surface area contributed by atoms with Crippen LogP contribution < -0.4 is 0 Å². The maximum Gasteiger partial charge on any atom is 0.0830 e. The monoisotopic (exact) mass is 174 g/mol. The van der Waals surface area contributed by atoms with Crippen molar-refractivity contribution in [1.82, 2.24) is 0 Å². The first-order valence-corrected chi connectivity index (χ1v) is 4.30. The Labute approximate surface area is 79.0 Å². The van der Waals surface area contributed by atoms with Gasteiger partial charge in [0.1, 0.15) is 0 Å². The Morgan fingerprint density at radius 1 is 1.31 bits per heavy atom. The van der Waals surface area contributed by atoms with Crippen LogP contribution in [0.15, 0.2) is 43.5 Å². The van der Waals surface area contributed by atoms with Crippen LogP contribution in [0.5, 0.6) is 0 Å². The minimum Gasteiger partial charge on any atom is -0.388 e. The molecule has 0 amide bonds. The van der Waals surface area contributed by atoms with Gasteiger partial charge < -0.3 is 5.11 Å². The quantitative estimate of drug-likeness (QED) is 0.696. The summed E-state index contributed by atoms with van der Waals surface area (Å²) in [6.07, 6.45) is 3.57. The molecule has 0 bridgehead atoms. The van der Waals surface area contributed by atoms with Crippen molar-refractivity contribution in [1.29, 1.82) is 0 Å². The standard InChI is InChI=1S/C12H14O/c1-3-7-12(13)11-9-6-5-8-10(11)4-2/h3-6,8-9,12-13H,1-2,7H2. The van der Waals surface area contributed by atoms with Crippen LogP contribution in [-0.2, 0) is 0 Å². The second-order valence-electron chi connectivity index (χ2n) is 2.87. The topological polar surface area (TPSA) is 20.2 Å². The Kier molecular flexibility index (Phi) is 3.47. The fraction of sp³-hybridized carbons (Fsp3) is 0.167. The van der Waals surface area contributed by atoms with Crippen LogP contribution >= 0.6 is 0 Å². The molecule has 0 aliphatic heterocycles. The lowest BCUT2D eigenvalue weighted by atomic mass is 10.0. The van der Waals surface area contributed by atoms with E-state index in [9.17, 15) is 5.11 Å². The summed E-state index contributed by atoms with van der Waals surface area (Å²) >= 11 is 0. The number of hydrogen-bond donors (Lipinski definition) is 1. The average molecular weight is 174 g/mol. The lowest BCUT2D eigenvalue weighted by Crippen LogP contribution is -1.97. The third kappa shape index (κ3) is 2.30. The third-order valence-electron chi connectivity index (χ3n) is 1.96. The molecule has 0 radical (unpaired) electrons. The van der Waals surface area contributed by atoms with Gasteiger partial charge in [-0.2, -0.15) is 0 Å². The van der Waals surface area contributed by atoms with Crippen LogP contribution in [0.25, 0.3) is 6.08 Å². The van der Waals surface area contributed by atoms with Crippen molar-refractivity contribution in [2.75, 3.05) is 0 Å². The maximum absolute atomic E-state index is 9.71. The van der Waals surface area contributed by atoms with Crippen LogP contribution in [0.3, 0.4) is 0 Å². The van der Waals surface area contributed by atoms with Crippen LogP contribution in [0, 0.1) is 0 Å². The molecular weight excluding hydrogens is 160 g/mol. The molecule has 0 aromatic heterocycles. The minimum atomic E-state index is -0.466. The van der Waals surface area contributed by atoms with Gasteiger partial charge in [-0.15, -0.1) is 6.58 Å². The summed E-state index contributed by atoms with van der Waals surface area (Å²) < 4.78 is 0. The van der Waals surface area contributed by atoms with Gasteiger partial charge in [-0.1, -0.05) is 43.0 Å². The van der Waals surface area contributed by atoms with Gasteiger partial charge in [0.05, 0.1) is 6.10 Å². The molecule has 68 valence electrons. The van der Waals surface area contributed by atoms with E-state index in [-0.39, 0.29) is 0 Å². The summed E-state index contributed by atoms with van der Waals surface area (Å²) in [4.78, 5) is 0. The molecule has 0 heterocycles. The molecule has 1 N–H and O–H groups in total.